The zero-order valence-corrected chi connectivity index (χ0v) is 14.6. The number of rotatable bonds is 2. The summed E-state index contributed by atoms with van der Waals surface area (Å²) in [7, 11) is 0.500. The maximum Gasteiger partial charge on any atom is 0.269 e. The lowest BCUT2D eigenvalue weighted by Gasteiger charge is -2.58. The van der Waals surface area contributed by atoms with Crippen LogP contribution in [-0.4, -0.2) is 46.8 Å². The van der Waals surface area contributed by atoms with Gasteiger partial charge in [0.2, 0.25) is 0 Å². The molecule has 0 radical (unpaired) electrons. The van der Waals surface area contributed by atoms with Crippen LogP contribution in [0.2, 0.25) is 0 Å². The molecule has 5 nitrogen and oxygen atoms in total. The van der Waals surface area contributed by atoms with Crippen molar-refractivity contribution in [1.82, 2.24) is 15.1 Å². The Morgan fingerprint density at radius 1 is 1.31 bits per heavy atom. The fraction of sp³-hybridized carbons (Fsp3) is 0.556. The number of halogens is 3. The Hall–Kier alpha value is -2.09. The molecule has 2 atom stereocenters. The van der Waals surface area contributed by atoms with Gasteiger partial charge < -0.3 is 5.73 Å². The lowest BCUT2D eigenvalue weighted by Crippen LogP contribution is -2.63. The summed E-state index contributed by atoms with van der Waals surface area (Å²) in [5, 5.41) is 6.58. The van der Waals surface area contributed by atoms with Gasteiger partial charge in [-0.05, 0) is 50.3 Å². The number of alkyl halides is 3. The molecule has 3 N–H and O–H groups in total. The van der Waals surface area contributed by atoms with Crippen LogP contribution in [0, 0.1) is 5.92 Å². The van der Waals surface area contributed by atoms with Crippen molar-refractivity contribution in [2.24, 2.45) is 11.7 Å². The number of hydrogen-bond donors (Lipinski definition) is 2. The van der Waals surface area contributed by atoms with Gasteiger partial charge in [0.05, 0.1) is 12.7 Å². The second-order valence-electron chi connectivity index (χ2n) is 6.91. The minimum absolute atomic E-state index is 0.0609. The summed E-state index contributed by atoms with van der Waals surface area (Å²) < 4.78 is 34.2. The number of benzene rings is 1. The average Bonchev–Trinajstić information content (AvgIpc) is 3.08. The highest BCUT2D eigenvalue weighted by atomic mass is 19.3. The van der Waals surface area contributed by atoms with Crippen LogP contribution in [0.4, 0.5) is 13.2 Å². The van der Waals surface area contributed by atoms with E-state index >= 15 is 0 Å². The first-order valence-corrected chi connectivity index (χ1v) is 8.70. The highest BCUT2D eigenvalue weighted by Gasteiger charge is 2.59. The van der Waals surface area contributed by atoms with Crippen molar-refractivity contribution in [2.45, 2.75) is 37.6 Å². The molecule has 3 heterocycles. The number of carbonyl (C=O) groups excluding carboxylic acids is 1. The van der Waals surface area contributed by atoms with Crippen LogP contribution in [0.25, 0.3) is 10.9 Å². The number of amides is 1. The first kappa shape index (κ1) is 18.7. The molecular formula is C18H23F3N4O. The van der Waals surface area contributed by atoms with Crippen molar-refractivity contribution in [3.8, 4) is 0 Å². The van der Waals surface area contributed by atoms with E-state index in [4.69, 9.17) is 5.73 Å². The van der Waals surface area contributed by atoms with Crippen LogP contribution in [0.15, 0.2) is 18.2 Å². The molecule has 2 unspecified atom stereocenters. The fourth-order valence-electron chi connectivity index (χ4n) is 4.40. The summed E-state index contributed by atoms with van der Waals surface area (Å²) in [5.74, 6) is 0.442. The average molecular weight is 368 g/mol. The molecule has 2 aliphatic heterocycles. The third-order valence-corrected chi connectivity index (χ3v) is 5.95. The summed E-state index contributed by atoms with van der Waals surface area (Å²) in [6, 6.07) is 3.90. The Balaban J connectivity index is 0.000000150. The molecule has 1 amide bonds. The molecule has 8 heteroatoms. The van der Waals surface area contributed by atoms with E-state index in [9.17, 15) is 18.0 Å². The number of primary amides is 1. The van der Waals surface area contributed by atoms with Crippen LogP contribution in [-0.2, 0) is 0 Å². The Kier molecular flexibility index (Phi) is 5.22. The number of nitrogens with one attached hydrogen (secondary N) is 1. The van der Waals surface area contributed by atoms with Crippen molar-refractivity contribution in [3.05, 3.63) is 29.5 Å². The van der Waals surface area contributed by atoms with Crippen molar-refractivity contribution >= 4 is 16.8 Å². The second-order valence-corrected chi connectivity index (χ2v) is 6.91. The van der Waals surface area contributed by atoms with Crippen LogP contribution in [0.3, 0.4) is 0 Å². The number of hydrogen-bond acceptors (Lipinski definition) is 3. The van der Waals surface area contributed by atoms with Gasteiger partial charge in [0, 0.05) is 23.0 Å². The number of fused-ring (bicyclic) bond motifs is 1. The molecule has 1 aliphatic carbocycles. The number of nitrogens with zero attached hydrogens (tertiary/aromatic N) is 2. The number of aromatic nitrogens is 2. The molecule has 3 fully saturated rings. The van der Waals surface area contributed by atoms with Gasteiger partial charge in [-0.25, -0.2) is 8.78 Å². The van der Waals surface area contributed by atoms with Gasteiger partial charge in [-0.3, -0.25) is 19.2 Å². The Labute approximate surface area is 149 Å². The molecule has 1 aromatic heterocycles. The Morgan fingerprint density at radius 2 is 2.08 bits per heavy atom. The summed E-state index contributed by atoms with van der Waals surface area (Å²) in [6.45, 7) is 2.83. The topological polar surface area (TPSA) is 75.0 Å². The molecule has 1 saturated carbocycles. The maximum atomic E-state index is 12.3. The molecule has 26 heavy (non-hydrogen) atoms. The highest BCUT2D eigenvalue weighted by Crippen LogP contribution is 2.57. The SMILES string of the molecule is C1CN2CCC23CCC13.CF.NC(=O)c1n[nH]c2cc(C(F)F)ccc12. The van der Waals surface area contributed by atoms with Gasteiger partial charge in [0.25, 0.3) is 12.3 Å². The zero-order chi connectivity index (χ0) is 18.9. The minimum atomic E-state index is -2.55. The van der Waals surface area contributed by atoms with E-state index in [2.05, 4.69) is 15.1 Å². The smallest absolute Gasteiger partial charge is 0.269 e. The highest BCUT2D eigenvalue weighted by molar-refractivity contribution is 6.03. The first-order chi connectivity index (χ1) is 12.5. The van der Waals surface area contributed by atoms with E-state index in [1.165, 1.54) is 57.0 Å². The van der Waals surface area contributed by atoms with Crippen LogP contribution in [0.1, 0.15) is 48.2 Å². The van der Waals surface area contributed by atoms with Crippen molar-refractivity contribution in [2.75, 3.05) is 20.3 Å². The molecule has 0 bridgehead atoms. The van der Waals surface area contributed by atoms with Gasteiger partial charge in [0.15, 0.2) is 5.69 Å². The van der Waals surface area contributed by atoms with Crippen LogP contribution >= 0.6 is 0 Å². The molecule has 2 saturated heterocycles. The Bertz CT molecular complexity index is 774. The maximum absolute atomic E-state index is 12.3. The van der Waals surface area contributed by atoms with Crippen LogP contribution < -0.4 is 5.73 Å². The number of aromatic amines is 1. The standard InChI is InChI=1S/C9H7F2N3O.C8H13N.CH3F/c10-8(11)4-1-2-5-6(3-4)13-14-7(5)9(12)15;1-3-8-4-6-9(8)5-2-7(1)8;1-2/h1-3,8H,(H2,12,15)(H,13,14);7H,1-6H2;1H3. The van der Waals surface area contributed by atoms with Gasteiger partial charge in [0.1, 0.15) is 0 Å². The third-order valence-electron chi connectivity index (χ3n) is 5.95. The van der Waals surface area contributed by atoms with E-state index in [0.717, 1.165) is 11.5 Å². The van der Waals surface area contributed by atoms with E-state index in [0.29, 0.717) is 18.1 Å². The number of carbonyl (C=O) groups is 1. The number of nitrogens with two attached hydrogens (primary N) is 1. The lowest BCUT2D eigenvalue weighted by atomic mass is 9.62. The van der Waals surface area contributed by atoms with E-state index < -0.39 is 12.3 Å². The Morgan fingerprint density at radius 3 is 2.54 bits per heavy atom. The number of H-pyrrole nitrogens is 1. The van der Waals surface area contributed by atoms with Crippen molar-refractivity contribution in [3.63, 3.8) is 0 Å². The van der Waals surface area contributed by atoms with Gasteiger partial charge in [-0.2, -0.15) is 5.10 Å². The molecule has 2 aromatic rings. The minimum Gasteiger partial charge on any atom is -0.364 e. The predicted octanol–water partition coefficient (Wildman–Crippen LogP) is 3.43. The monoisotopic (exact) mass is 368 g/mol. The zero-order valence-electron chi connectivity index (χ0n) is 14.6. The largest absolute Gasteiger partial charge is 0.364 e. The normalized spacial score (nSPS) is 25.8. The van der Waals surface area contributed by atoms with Gasteiger partial charge in [-0.15, -0.1) is 0 Å². The third kappa shape index (κ3) is 2.96. The van der Waals surface area contributed by atoms with Crippen molar-refractivity contribution < 1.29 is 18.0 Å². The lowest BCUT2D eigenvalue weighted by molar-refractivity contribution is -0.0659. The molecule has 1 aromatic carbocycles. The first-order valence-electron chi connectivity index (χ1n) is 8.70. The van der Waals surface area contributed by atoms with Gasteiger partial charge >= 0.3 is 0 Å². The molecular weight excluding hydrogens is 345 g/mol. The predicted molar refractivity (Wildman–Crippen MR) is 92.9 cm³/mol. The summed E-state index contributed by atoms with van der Waals surface area (Å²) in [4.78, 5) is 13.6. The molecule has 1 spiro atoms. The van der Waals surface area contributed by atoms with Crippen molar-refractivity contribution in [1.29, 1.82) is 0 Å². The fourth-order valence-corrected chi connectivity index (χ4v) is 4.40. The van der Waals surface area contributed by atoms with Gasteiger partial charge in [-0.1, -0.05) is 6.07 Å². The summed E-state index contributed by atoms with van der Waals surface area (Å²) in [5.41, 5.74) is 6.17. The molecule has 3 aliphatic rings. The molecule has 142 valence electrons. The van der Waals surface area contributed by atoms with Crippen LogP contribution in [0.5, 0.6) is 0 Å². The summed E-state index contributed by atoms with van der Waals surface area (Å²) >= 11 is 0. The van der Waals surface area contributed by atoms with E-state index in [1.807, 2.05) is 0 Å². The second kappa shape index (κ2) is 7.26. The molecule has 5 rings (SSSR count). The quantitative estimate of drug-likeness (QED) is 0.853. The van der Waals surface area contributed by atoms with E-state index in [1.54, 1.807) is 0 Å². The summed E-state index contributed by atoms with van der Waals surface area (Å²) in [6.07, 6.45) is 3.56. The van der Waals surface area contributed by atoms with E-state index in [-0.39, 0.29) is 11.3 Å².